The predicted molar refractivity (Wildman–Crippen MR) is 63.9 cm³/mol. The molecule has 6 nitrogen and oxygen atoms in total. The Labute approximate surface area is 102 Å². The molecule has 0 bridgehead atoms. The summed E-state index contributed by atoms with van der Waals surface area (Å²) in [7, 11) is 1.56. The third-order valence-corrected chi connectivity index (χ3v) is 2.37. The van der Waals surface area contributed by atoms with Crippen LogP contribution in [-0.2, 0) is 9.53 Å². The average molecular weight is 246 g/mol. The smallest absolute Gasteiger partial charge is 0.317 e. The first-order chi connectivity index (χ1) is 7.92. The average Bonchev–Trinajstić information content (AvgIpc) is 2.25. The quantitative estimate of drug-likeness (QED) is 0.695. The summed E-state index contributed by atoms with van der Waals surface area (Å²) >= 11 is 0. The van der Waals surface area contributed by atoms with Crippen LogP contribution in [0.2, 0.25) is 0 Å². The molecule has 0 aromatic rings. The molecule has 0 rings (SSSR count). The van der Waals surface area contributed by atoms with Crippen LogP contribution in [0.15, 0.2) is 0 Å². The van der Waals surface area contributed by atoms with Gasteiger partial charge in [0.2, 0.25) is 0 Å². The van der Waals surface area contributed by atoms with E-state index in [1.165, 1.54) is 4.90 Å². The molecule has 0 radical (unpaired) electrons. The lowest BCUT2D eigenvalue weighted by atomic mass is 10.2. The minimum Gasteiger partial charge on any atom is -0.481 e. The second kappa shape index (κ2) is 7.89. The van der Waals surface area contributed by atoms with Crippen LogP contribution in [0.4, 0.5) is 4.79 Å². The van der Waals surface area contributed by atoms with Gasteiger partial charge in [-0.05, 0) is 13.8 Å². The maximum atomic E-state index is 11.8. The van der Waals surface area contributed by atoms with Crippen LogP contribution in [0, 0.1) is 5.92 Å². The SMILES string of the molecule is CCN(CC(C)C(=O)O)C(=O)NC(C)COC. The molecule has 100 valence electrons. The minimum absolute atomic E-state index is 0.0957. The van der Waals surface area contributed by atoms with Gasteiger partial charge < -0.3 is 20.1 Å². The van der Waals surface area contributed by atoms with Crippen molar-refractivity contribution in [3.05, 3.63) is 0 Å². The molecule has 0 fully saturated rings. The summed E-state index contributed by atoms with van der Waals surface area (Å²) in [6.45, 7) is 6.33. The van der Waals surface area contributed by atoms with E-state index in [0.717, 1.165) is 0 Å². The van der Waals surface area contributed by atoms with Gasteiger partial charge in [-0.1, -0.05) is 6.92 Å². The van der Waals surface area contributed by atoms with E-state index in [9.17, 15) is 9.59 Å². The Morgan fingerprint density at radius 1 is 1.41 bits per heavy atom. The largest absolute Gasteiger partial charge is 0.481 e. The van der Waals surface area contributed by atoms with Gasteiger partial charge >= 0.3 is 12.0 Å². The number of aliphatic carboxylic acids is 1. The maximum absolute atomic E-state index is 11.8. The number of urea groups is 1. The molecule has 0 aliphatic rings. The Bertz CT molecular complexity index is 258. The first kappa shape index (κ1) is 15.7. The minimum atomic E-state index is -0.902. The highest BCUT2D eigenvalue weighted by atomic mass is 16.5. The van der Waals surface area contributed by atoms with E-state index in [1.54, 1.807) is 14.0 Å². The van der Waals surface area contributed by atoms with E-state index in [2.05, 4.69) is 5.32 Å². The van der Waals surface area contributed by atoms with Gasteiger partial charge in [-0.3, -0.25) is 4.79 Å². The Hall–Kier alpha value is -1.30. The van der Waals surface area contributed by atoms with Gasteiger partial charge in [0.05, 0.1) is 18.6 Å². The number of carbonyl (C=O) groups excluding carboxylic acids is 1. The van der Waals surface area contributed by atoms with Crippen LogP contribution in [0.1, 0.15) is 20.8 Å². The fourth-order valence-corrected chi connectivity index (χ4v) is 1.36. The fourth-order valence-electron chi connectivity index (χ4n) is 1.36. The summed E-state index contributed by atoms with van der Waals surface area (Å²) in [5, 5.41) is 11.5. The van der Waals surface area contributed by atoms with Crippen molar-refractivity contribution in [3.63, 3.8) is 0 Å². The van der Waals surface area contributed by atoms with E-state index in [-0.39, 0.29) is 18.6 Å². The Morgan fingerprint density at radius 3 is 2.41 bits per heavy atom. The monoisotopic (exact) mass is 246 g/mol. The second-order valence-electron chi connectivity index (χ2n) is 4.08. The van der Waals surface area contributed by atoms with Crippen molar-refractivity contribution in [2.75, 3.05) is 26.8 Å². The zero-order chi connectivity index (χ0) is 13.4. The number of carbonyl (C=O) groups is 2. The molecule has 6 heteroatoms. The number of rotatable bonds is 7. The molecular weight excluding hydrogens is 224 g/mol. The van der Waals surface area contributed by atoms with Gasteiger partial charge in [0.25, 0.3) is 0 Å². The van der Waals surface area contributed by atoms with Crippen molar-refractivity contribution in [2.24, 2.45) is 5.92 Å². The van der Waals surface area contributed by atoms with Gasteiger partial charge in [0.1, 0.15) is 0 Å². The van der Waals surface area contributed by atoms with Crippen molar-refractivity contribution in [1.29, 1.82) is 0 Å². The van der Waals surface area contributed by atoms with Crippen LogP contribution >= 0.6 is 0 Å². The van der Waals surface area contributed by atoms with Gasteiger partial charge in [0.15, 0.2) is 0 Å². The zero-order valence-corrected chi connectivity index (χ0v) is 10.9. The summed E-state index contributed by atoms with van der Waals surface area (Å²) < 4.78 is 4.91. The fraction of sp³-hybridized carbons (Fsp3) is 0.818. The number of methoxy groups -OCH3 is 1. The molecule has 2 N–H and O–H groups in total. The molecule has 0 heterocycles. The first-order valence-electron chi connectivity index (χ1n) is 5.69. The summed E-state index contributed by atoms with van der Waals surface area (Å²) in [4.78, 5) is 24.0. The summed E-state index contributed by atoms with van der Waals surface area (Å²) in [5.41, 5.74) is 0. The van der Waals surface area contributed by atoms with Crippen LogP contribution in [0.5, 0.6) is 0 Å². The van der Waals surface area contributed by atoms with Crippen LogP contribution in [0.3, 0.4) is 0 Å². The standard InChI is InChI=1S/C11H22N2O4/c1-5-13(6-8(2)10(14)15)11(16)12-9(3)7-17-4/h8-9H,5-7H2,1-4H3,(H,12,16)(H,14,15). The van der Waals surface area contributed by atoms with Gasteiger partial charge in [-0.2, -0.15) is 0 Å². The highest BCUT2D eigenvalue weighted by Gasteiger charge is 2.20. The molecule has 0 saturated heterocycles. The number of hydrogen-bond donors (Lipinski definition) is 2. The molecule has 17 heavy (non-hydrogen) atoms. The lowest BCUT2D eigenvalue weighted by molar-refractivity contribution is -0.141. The Morgan fingerprint density at radius 2 is 2.00 bits per heavy atom. The number of amides is 2. The molecule has 0 aromatic carbocycles. The molecule has 0 aromatic heterocycles. The van der Waals surface area contributed by atoms with E-state index >= 15 is 0 Å². The third-order valence-electron chi connectivity index (χ3n) is 2.37. The summed E-state index contributed by atoms with van der Waals surface area (Å²) in [6.07, 6.45) is 0. The number of nitrogens with one attached hydrogen (secondary N) is 1. The van der Waals surface area contributed by atoms with Gasteiger partial charge in [-0.25, -0.2) is 4.79 Å². The van der Waals surface area contributed by atoms with Gasteiger partial charge in [-0.15, -0.1) is 0 Å². The number of carboxylic acid groups (broad SMARTS) is 1. The van der Waals surface area contributed by atoms with Crippen molar-refractivity contribution in [2.45, 2.75) is 26.8 Å². The predicted octanol–water partition coefficient (Wildman–Crippen LogP) is 0.773. The number of carboxylic acids is 1. The van der Waals surface area contributed by atoms with Crippen molar-refractivity contribution < 1.29 is 19.4 Å². The number of ether oxygens (including phenoxy) is 1. The van der Waals surface area contributed by atoms with Crippen molar-refractivity contribution in [3.8, 4) is 0 Å². The molecule has 0 aliphatic heterocycles. The van der Waals surface area contributed by atoms with Gasteiger partial charge in [0, 0.05) is 20.2 Å². The molecule has 0 spiro atoms. The van der Waals surface area contributed by atoms with E-state index in [0.29, 0.717) is 13.2 Å². The highest BCUT2D eigenvalue weighted by molar-refractivity contribution is 5.76. The van der Waals surface area contributed by atoms with Crippen LogP contribution < -0.4 is 5.32 Å². The second-order valence-corrected chi connectivity index (χ2v) is 4.08. The Balaban J connectivity index is 4.25. The lowest BCUT2D eigenvalue weighted by Crippen LogP contribution is -2.47. The molecule has 2 atom stereocenters. The maximum Gasteiger partial charge on any atom is 0.317 e. The summed E-state index contributed by atoms with van der Waals surface area (Å²) in [5.74, 6) is -1.47. The van der Waals surface area contributed by atoms with Crippen molar-refractivity contribution in [1.82, 2.24) is 10.2 Å². The molecular formula is C11H22N2O4. The third kappa shape index (κ3) is 6.11. The summed E-state index contributed by atoms with van der Waals surface area (Å²) in [6, 6.07) is -0.355. The molecule has 0 saturated carbocycles. The lowest BCUT2D eigenvalue weighted by Gasteiger charge is -2.25. The van der Waals surface area contributed by atoms with E-state index in [4.69, 9.17) is 9.84 Å². The molecule has 2 amide bonds. The van der Waals surface area contributed by atoms with Crippen molar-refractivity contribution >= 4 is 12.0 Å². The highest BCUT2D eigenvalue weighted by Crippen LogP contribution is 2.01. The van der Waals surface area contributed by atoms with E-state index in [1.807, 2.05) is 13.8 Å². The van der Waals surface area contributed by atoms with Crippen LogP contribution in [-0.4, -0.2) is 54.9 Å². The Kier molecular flexibility index (Phi) is 7.29. The number of hydrogen-bond acceptors (Lipinski definition) is 3. The number of nitrogens with zero attached hydrogens (tertiary/aromatic N) is 1. The first-order valence-corrected chi connectivity index (χ1v) is 5.69. The van der Waals surface area contributed by atoms with E-state index < -0.39 is 11.9 Å². The molecule has 2 unspecified atom stereocenters. The zero-order valence-electron chi connectivity index (χ0n) is 10.9. The topological polar surface area (TPSA) is 78.9 Å². The normalized spacial score (nSPS) is 13.9. The molecule has 0 aliphatic carbocycles. The van der Waals surface area contributed by atoms with Crippen LogP contribution in [0.25, 0.3) is 0 Å².